The van der Waals surface area contributed by atoms with Gasteiger partial charge < -0.3 is 9.47 Å². The van der Waals surface area contributed by atoms with E-state index in [1.54, 1.807) is 0 Å². The van der Waals surface area contributed by atoms with Crippen molar-refractivity contribution in [1.29, 1.82) is 0 Å². The molecule has 1 atom stereocenters. The first-order valence-corrected chi connectivity index (χ1v) is 7.42. The van der Waals surface area contributed by atoms with Crippen molar-refractivity contribution in [1.82, 2.24) is 19.5 Å². The van der Waals surface area contributed by atoms with Crippen molar-refractivity contribution in [3.63, 3.8) is 0 Å². The van der Waals surface area contributed by atoms with E-state index < -0.39 is 0 Å². The fraction of sp³-hybridized carbons (Fsp3) is 0.500. The highest BCUT2D eigenvalue weighted by Crippen LogP contribution is 2.31. The lowest BCUT2D eigenvalue weighted by Crippen LogP contribution is -2.18. The van der Waals surface area contributed by atoms with Crippen LogP contribution in [0.4, 0.5) is 0 Å². The fourth-order valence-electron chi connectivity index (χ4n) is 2.51. The number of imidazole rings is 1. The van der Waals surface area contributed by atoms with Crippen molar-refractivity contribution < 1.29 is 9.47 Å². The zero-order valence-corrected chi connectivity index (χ0v) is 12.6. The topological polar surface area (TPSA) is 62.1 Å². The van der Waals surface area contributed by atoms with Crippen LogP contribution in [0.25, 0.3) is 16.9 Å². The van der Waals surface area contributed by atoms with Gasteiger partial charge >= 0.3 is 0 Å². The first-order valence-electron chi connectivity index (χ1n) is 7.04. The predicted molar refractivity (Wildman–Crippen MR) is 79.8 cm³/mol. The summed E-state index contributed by atoms with van der Waals surface area (Å²) in [5, 5.41) is 0.350. The van der Waals surface area contributed by atoms with Gasteiger partial charge in [0.2, 0.25) is 5.28 Å². The molecule has 0 bridgehead atoms. The quantitative estimate of drug-likeness (QED) is 0.641. The Morgan fingerprint density at radius 2 is 2.38 bits per heavy atom. The van der Waals surface area contributed by atoms with Gasteiger partial charge in [-0.3, -0.25) is 4.57 Å². The molecule has 1 fully saturated rings. The molecule has 7 heteroatoms. The second kappa shape index (κ2) is 5.99. The molecule has 2 aromatic rings. The molecule has 0 radical (unpaired) electrons. The van der Waals surface area contributed by atoms with Gasteiger partial charge in [0.25, 0.3) is 0 Å². The number of fused-ring (bicyclic) bond motifs is 1. The first-order chi connectivity index (χ1) is 10.2. The Kier molecular flexibility index (Phi) is 4.07. The number of nitrogens with zero attached hydrogens (tertiary/aromatic N) is 4. The maximum atomic E-state index is 6.29. The zero-order valence-electron chi connectivity index (χ0n) is 11.9. The van der Waals surface area contributed by atoms with Crippen LogP contribution < -0.4 is 0 Å². The first kappa shape index (κ1) is 14.3. The summed E-state index contributed by atoms with van der Waals surface area (Å²) in [5.74, 6) is 0.468. The van der Waals surface area contributed by atoms with Gasteiger partial charge in [0.05, 0.1) is 6.61 Å². The minimum absolute atomic E-state index is 0.126. The molecular weight excluding hydrogens is 292 g/mol. The average molecular weight is 309 g/mol. The van der Waals surface area contributed by atoms with Crippen LogP contribution in [0, 0.1) is 0 Å². The molecule has 0 N–H and O–H groups in total. The number of hydrogen-bond acceptors (Lipinski definition) is 5. The van der Waals surface area contributed by atoms with E-state index in [0.29, 0.717) is 34.5 Å². The number of aromatic nitrogens is 4. The molecule has 1 saturated heterocycles. The molecule has 1 aliphatic heterocycles. The van der Waals surface area contributed by atoms with Gasteiger partial charge in [-0.15, -0.1) is 0 Å². The average Bonchev–Trinajstić information content (AvgIpc) is 2.84. The molecule has 0 saturated carbocycles. The van der Waals surface area contributed by atoms with Crippen molar-refractivity contribution in [2.24, 2.45) is 0 Å². The molecule has 0 amide bonds. The number of rotatable bonds is 4. The molecule has 112 valence electrons. The Morgan fingerprint density at radius 1 is 1.52 bits per heavy atom. The lowest BCUT2D eigenvalue weighted by atomic mass is 10.2. The highest BCUT2D eigenvalue weighted by atomic mass is 35.5. The van der Waals surface area contributed by atoms with Crippen LogP contribution in [0.15, 0.2) is 12.9 Å². The second-order valence-corrected chi connectivity index (χ2v) is 5.16. The molecule has 21 heavy (non-hydrogen) atoms. The van der Waals surface area contributed by atoms with Crippen LogP contribution in [0.3, 0.4) is 0 Å². The molecule has 2 aromatic heterocycles. The molecular formula is C14H17ClN4O2. The zero-order chi connectivity index (χ0) is 14.8. The van der Waals surface area contributed by atoms with Crippen molar-refractivity contribution in [2.75, 3.05) is 13.2 Å². The molecule has 0 aromatic carbocycles. The lowest BCUT2D eigenvalue weighted by Gasteiger charge is -2.24. The van der Waals surface area contributed by atoms with E-state index >= 15 is 0 Å². The normalized spacial score (nSPS) is 18.9. The summed E-state index contributed by atoms with van der Waals surface area (Å²) in [6, 6.07) is 0. The number of ether oxygens (including phenoxy) is 2. The van der Waals surface area contributed by atoms with E-state index in [0.717, 1.165) is 25.9 Å². The fourth-order valence-corrected chi connectivity index (χ4v) is 2.78. The third-order valence-electron chi connectivity index (χ3n) is 3.46. The summed E-state index contributed by atoms with van der Waals surface area (Å²) >= 11 is 6.29. The monoisotopic (exact) mass is 308 g/mol. The van der Waals surface area contributed by atoms with E-state index in [-0.39, 0.29) is 6.23 Å². The van der Waals surface area contributed by atoms with E-state index in [2.05, 4.69) is 21.5 Å². The number of halogens is 1. The highest BCUT2D eigenvalue weighted by molar-refractivity contribution is 6.29. The van der Waals surface area contributed by atoms with Gasteiger partial charge in [0.1, 0.15) is 29.5 Å². The van der Waals surface area contributed by atoms with Gasteiger partial charge in [-0.1, -0.05) is 6.58 Å². The van der Waals surface area contributed by atoms with Crippen molar-refractivity contribution in [3.8, 4) is 0 Å². The van der Waals surface area contributed by atoms with Gasteiger partial charge in [0, 0.05) is 6.61 Å². The number of hydrogen-bond donors (Lipinski definition) is 0. The van der Waals surface area contributed by atoms with Crippen LogP contribution in [-0.2, 0) is 9.47 Å². The SMILES string of the molecule is C=C(OCC)c1ncnc2c1nc(Cl)n2C1CCCCO1. The third-order valence-corrected chi connectivity index (χ3v) is 3.73. The maximum Gasteiger partial charge on any atom is 0.207 e. The predicted octanol–water partition coefficient (Wildman–Crippen LogP) is 3.19. The van der Waals surface area contributed by atoms with E-state index in [1.807, 2.05) is 11.5 Å². The summed E-state index contributed by atoms with van der Waals surface area (Å²) in [6.45, 7) is 7.02. The Hall–Kier alpha value is -1.66. The summed E-state index contributed by atoms with van der Waals surface area (Å²) in [7, 11) is 0. The minimum atomic E-state index is -0.126. The summed E-state index contributed by atoms with van der Waals surface area (Å²) in [5.41, 5.74) is 1.81. The van der Waals surface area contributed by atoms with Gasteiger partial charge in [0.15, 0.2) is 5.65 Å². The van der Waals surface area contributed by atoms with E-state index in [4.69, 9.17) is 21.1 Å². The van der Waals surface area contributed by atoms with Crippen LogP contribution >= 0.6 is 11.6 Å². The van der Waals surface area contributed by atoms with Crippen LogP contribution in [-0.4, -0.2) is 32.7 Å². The highest BCUT2D eigenvalue weighted by Gasteiger charge is 2.24. The van der Waals surface area contributed by atoms with Gasteiger partial charge in [-0.05, 0) is 37.8 Å². The largest absolute Gasteiger partial charge is 0.492 e. The standard InChI is InChI=1S/C14H17ClN4O2/c1-3-20-9(2)11-12-13(17-8-16-11)19(14(15)18-12)10-6-4-5-7-21-10/h8,10H,2-7H2,1H3. The van der Waals surface area contributed by atoms with Crippen molar-refractivity contribution in [2.45, 2.75) is 32.4 Å². The molecule has 6 nitrogen and oxygen atoms in total. The van der Waals surface area contributed by atoms with Gasteiger partial charge in [-0.25, -0.2) is 15.0 Å². The minimum Gasteiger partial charge on any atom is -0.492 e. The van der Waals surface area contributed by atoms with Crippen LogP contribution in [0.5, 0.6) is 0 Å². The summed E-state index contributed by atoms with van der Waals surface area (Å²) in [4.78, 5) is 12.9. The molecule has 0 spiro atoms. The third kappa shape index (κ3) is 2.61. The summed E-state index contributed by atoms with van der Waals surface area (Å²) < 4.78 is 13.0. The molecule has 0 aliphatic carbocycles. The summed E-state index contributed by atoms with van der Waals surface area (Å²) in [6.07, 6.45) is 4.42. The van der Waals surface area contributed by atoms with Crippen molar-refractivity contribution in [3.05, 3.63) is 23.9 Å². The van der Waals surface area contributed by atoms with Crippen LogP contribution in [0.2, 0.25) is 5.28 Å². The maximum absolute atomic E-state index is 6.29. The smallest absolute Gasteiger partial charge is 0.207 e. The Labute approximate surface area is 127 Å². The molecule has 3 heterocycles. The molecule has 1 aliphatic rings. The van der Waals surface area contributed by atoms with E-state index in [1.165, 1.54) is 6.33 Å². The Bertz CT molecular complexity index is 664. The van der Waals surface area contributed by atoms with Crippen LogP contribution in [0.1, 0.15) is 38.1 Å². The van der Waals surface area contributed by atoms with Crippen molar-refractivity contribution >= 4 is 28.5 Å². The Morgan fingerprint density at radius 3 is 3.10 bits per heavy atom. The van der Waals surface area contributed by atoms with E-state index in [9.17, 15) is 0 Å². The van der Waals surface area contributed by atoms with Gasteiger partial charge in [-0.2, -0.15) is 0 Å². The molecule has 3 rings (SSSR count). The molecule has 1 unspecified atom stereocenters. The second-order valence-electron chi connectivity index (χ2n) is 4.82. The Balaban J connectivity index is 2.08. The lowest BCUT2D eigenvalue weighted by molar-refractivity contribution is -0.0296.